The topological polar surface area (TPSA) is 50.1 Å². The van der Waals surface area contributed by atoms with Gasteiger partial charge >= 0.3 is 5.97 Å². The lowest BCUT2D eigenvalue weighted by atomic mass is 10.2. The minimum atomic E-state index is -0.324. The van der Waals surface area contributed by atoms with Gasteiger partial charge in [0.25, 0.3) is 0 Å². The van der Waals surface area contributed by atoms with E-state index in [1.807, 2.05) is 17.5 Å². The van der Waals surface area contributed by atoms with Crippen molar-refractivity contribution in [2.24, 2.45) is 0 Å². The normalized spacial score (nSPS) is 10.0. The maximum absolute atomic E-state index is 11.1. The molecule has 0 fully saturated rings. The summed E-state index contributed by atoms with van der Waals surface area (Å²) < 4.78 is 4.57. The Balaban J connectivity index is 2.69. The molecule has 3 nitrogen and oxygen atoms in total. The molecular weight excluding hydrogens is 198 g/mol. The van der Waals surface area contributed by atoms with E-state index in [2.05, 4.69) is 4.74 Å². The Morgan fingerprint density at radius 1 is 1.79 bits per heavy atom. The van der Waals surface area contributed by atoms with Crippen LogP contribution in [0, 0.1) is 11.3 Å². The summed E-state index contributed by atoms with van der Waals surface area (Å²) in [5, 5.41) is 10.2. The van der Waals surface area contributed by atoms with Crippen molar-refractivity contribution in [3.8, 4) is 6.07 Å². The van der Waals surface area contributed by atoms with Crippen LogP contribution >= 0.6 is 11.3 Å². The molecule has 0 aromatic carbocycles. The summed E-state index contributed by atoms with van der Waals surface area (Å²) >= 11 is 1.33. The molecule has 4 heteroatoms. The first-order valence-corrected chi connectivity index (χ1v) is 4.86. The highest BCUT2D eigenvalue weighted by Gasteiger charge is 2.06. The van der Waals surface area contributed by atoms with Crippen molar-refractivity contribution in [3.05, 3.63) is 28.0 Å². The minimum absolute atomic E-state index is 0.324. The molecule has 1 aromatic rings. The molecule has 0 saturated heterocycles. The fraction of sp³-hybridized carbons (Fsp3) is 0.200. The highest BCUT2D eigenvalue weighted by Crippen LogP contribution is 2.16. The van der Waals surface area contributed by atoms with E-state index in [9.17, 15) is 4.79 Å². The maximum Gasteiger partial charge on any atom is 0.348 e. The summed E-state index contributed by atoms with van der Waals surface area (Å²) in [5.74, 6) is -0.324. The van der Waals surface area contributed by atoms with E-state index in [0.717, 1.165) is 5.56 Å². The third-order valence-corrected chi connectivity index (χ3v) is 2.45. The van der Waals surface area contributed by atoms with Crippen LogP contribution in [-0.2, 0) is 4.74 Å². The monoisotopic (exact) mass is 207 g/mol. The lowest BCUT2D eigenvalue weighted by Gasteiger charge is -1.90. The van der Waals surface area contributed by atoms with Crippen LogP contribution in [0.25, 0.3) is 6.08 Å². The zero-order chi connectivity index (χ0) is 10.4. The van der Waals surface area contributed by atoms with Crippen LogP contribution in [0.3, 0.4) is 0 Å². The molecule has 0 amide bonds. The summed E-state index contributed by atoms with van der Waals surface area (Å²) in [6, 6.07) is 3.74. The Morgan fingerprint density at radius 2 is 2.57 bits per heavy atom. The van der Waals surface area contributed by atoms with E-state index >= 15 is 0 Å². The van der Waals surface area contributed by atoms with Crippen LogP contribution in [0.5, 0.6) is 0 Å². The van der Waals surface area contributed by atoms with E-state index in [0.29, 0.717) is 11.3 Å². The molecule has 0 aliphatic carbocycles. The summed E-state index contributed by atoms with van der Waals surface area (Å²) in [6.45, 7) is 0. The molecule has 0 aliphatic rings. The first kappa shape index (κ1) is 10.5. The van der Waals surface area contributed by atoms with Crippen LogP contribution < -0.4 is 0 Å². The second-order valence-electron chi connectivity index (χ2n) is 2.50. The SMILES string of the molecule is COC(=O)c1cc(C=CCC#N)cs1. The van der Waals surface area contributed by atoms with Crippen molar-refractivity contribution in [1.29, 1.82) is 5.26 Å². The number of thiophene rings is 1. The summed E-state index contributed by atoms with van der Waals surface area (Å²) in [6.07, 6.45) is 3.94. The molecule has 1 rings (SSSR count). The van der Waals surface area contributed by atoms with E-state index in [1.165, 1.54) is 18.4 Å². The van der Waals surface area contributed by atoms with Gasteiger partial charge in [0.1, 0.15) is 4.88 Å². The van der Waals surface area contributed by atoms with Crippen molar-refractivity contribution in [3.63, 3.8) is 0 Å². The number of carbonyl (C=O) groups excluding carboxylic acids is 1. The second kappa shape index (κ2) is 5.20. The number of rotatable bonds is 3. The number of nitrogens with zero attached hydrogens (tertiary/aromatic N) is 1. The quantitative estimate of drug-likeness (QED) is 0.715. The van der Waals surface area contributed by atoms with Crippen molar-refractivity contribution in [2.75, 3.05) is 7.11 Å². The first-order valence-electron chi connectivity index (χ1n) is 3.98. The van der Waals surface area contributed by atoms with Crippen LogP contribution in [0.1, 0.15) is 21.7 Å². The van der Waals surface area contributed by atoms with Crippen LogP contribution in [0.15, 0.2) is 17.5 Å². The summed E-state index contributed by atoms with van der Waals surface area (Å²) in [5.41, 5.74) is 0.922. The zero-order valence-electron chi connectivity index (χ0n) is 7.69. The molecule has 1 heterocycles. The van der Waals surface area contributed by atoms with Crippen molar-refractivity contribution < 1.29 is 9.53 Å². The molecule has 0 radical (unpaired) electrons. The number of hydrogen-bond donors (Lipinski definition) is 0. The molecular formula is C10H9NO2S. The smallest absolute Gasteiger partial charge is 0.348 e. The highest BCUT2D eigenvalue weighted by atomic mass is 32.1. The van der Waals surface area contributed by atoms with Gasteiger partial charge in [-0.3, -0.25) is 0 Å². The average molecular weight is 207 g/mol. The molecule has 1 aromatic heterocycles. The van der Waals surface area contributed by atoms with Gasteiger partial charge in [-0.25, -0.2) is 4.79 Å². The second-order valence-corrected chi connectivity index (χ2v) is 3.41. The van der Waals surface area contributed by atoms with E-state index in [4.69, 9.17) is 5.26 Å². The van der Waals surface area contributed by atoms with Crippen molar-refractivity contribution in [2.45, 2.75) is 6.42 Å². The van der Waals surface area contributed by atoms with Crippen molar-refractivity contribution >= 4 is 23.4 Å². The molecule has 0 N–H and O–H groups in total. The molecule has 0 saturated carbocycles. The summed E-state index contributed by atoms with van der Waals surface area (Å²) in [7, 11) is 1.35. The lowest BCUT2D eigenvalue weighted by molar-refractivity contribution is 0.0606. The van der Waals surface area contributed by atoms with Gasteiger partial charge in [-0.2, -0.15) is 5.26 Å². The minimum Gasteiger partial charge on any atom is -0.465 e. The molecule has 0 unspecified atom stereocenters. The van der Waals surface area contributed by atoms with E-state index in [1.54, 1.807) is 12.1 Å². The Labute approximate surface area is 86.2 Å². The van der Waals surface area contributed by atoms with Gasteiger partial charge < -0.3 is 4.74 Å². The third kappa shape index (κ3) is 2.71. The number of methoxy groups -OCH3 is 1. The molecule has 0 atom stereocenters. The molecule has 14 heavy (non-hydrogen) atoms. The van der Waals surface area contributed by atoms with Crippen LogP contribution in [0.4, 0.5) is 0 Å². The predicted molar refractivity (Wildman–Crippen MR) is 54.9 cm³/mol. The fourth-order valence-electron chi connectivity index (χ4n) is 0.894. The third-order valence-electron chi connectivity index (χ3n) is 1.53. The lowest BCUT2D eigenvalue weighted by Crippen LogP contribution is -1.96. The Morgan fingerprint density at radius 3 is 3.21 bits per heavy atom. The van der Waals surface area contributed by atoms with Crippen LogP contribution in [0.2, 0.25) is 0 Å². The van der Waals surface area contributed by atoms with E-state index < -0.39 is 0 Å². The van der Waals surface area contributed by atoms with Gasteiger partial charge in [-0.1, -0.05) is 12.2 Å². The van der Waals surface area contributed by atoms with E-state index in [-0.39, 0.29) is 5.97 Å². The van der Waals surface area contributed by atoms with Crippen molar-refractivity contribution in [1.82, 2.24) is 0 Å². The van der Waals surface area contributed by atoms with Gasteiger partial charge in [0.15, 0.2) is 0 Å². The number of esters is 1. The number of hydrogen-bond acceptors (Lipinski definition) is 4. The maximum atomic E-state index is 11.1. The molecule has 0 spiro atoms. The number of ether oxygens (including phenoxy) is 1. The van der Waals surface area contributed by atoms with Gasteiger partial charge in [0.2, 0.25) is 0 Å². The molecule has 72 valence electrons. The zero-order valence-corrected chi connectivity index (χ0v) is 8.50. The van der Waals surface area contributed by atoms with Gasteiger partial charge in [-0.05, 0) is 17.0 Å². The van der Waals surface area contributed by atoms with Gasteiger partial charge in [-0.15, -0.1) is 11.3 Å². The molecule has 0 bridgehead atoms. The number of allylic oxidation sites excluding steroid dienone is 1. The Kier molecular flexibility index (Phi) is 3.89. The predicted octanol–water partition coefficient (Wildman–Crippen LogP) is 2.46. The largest absolute Gasteiger partial charge is 0.465 e. The van der Waals surface area contributed by atoms with Gasteiger partial charge in [0, 0.05) is 0 Å². The summed E-state index contributed by atoms with van der Waals surface area (Å²) in [4.78, 5) is 11.6. The average Bonchev–Trinajstić information content (AvgIpc) is 2.66. The first-order chi connectivity index (χ1) is 6.77. The fourth-order valence-corrected chi connectivity index (χ4v) is 1.69. The van der Waals surface area contributed by atoms with Gasteiger partial charge in [0.05, 0.1) is 19.6 Å². The molecule has 0 aliphatic heterocycles. The standard InChI is InChI=1S/C10H9NO2S/c1-13-10(12)9-6-8(7-14-9)4-2-3-5-11/h2,4,6-7H,3H2,1H3. The van der Waals surface area contributed by atoms with Crippen LogP contribution in [-0.4, -0.2) is 13.1 Å². The number of nitriles is 1. The Bertz CT molecular complexity index is 387. The highest BCUT2D eigenvalue weighted by molar-refractivity contribution is 7.12. The Hall–Kier alpha value is -1.60. The number of carbonyl (C=O) groups is 1.